The Kier molecular flexibility index (Phi) is 4.43. The van der Waals surface area contributed by atoms with Crippen LogP contribution in [0.4, 0.5) is 5.69 Å². The Morgan fingerprint density at radius 2 is 2.29 bits per heavy atom. The Morgan fingerprint density at radius 3 is 3.06 bits per heavy atom. The first kappa shape index (κ1) is 12.4. The van der Waals surface area contributed by atoms with Gasteiger partial charge in [-0.3, -0.25) is 4.90 Å². The average Bonchev–Trinajstić information content (AvgIpc) is 2.77. The summed E-state index contributed by atoms with van der Waals surface area (Å²) in [6.07, 6.45) is 4.06. The molecule has 2 heteroatoms. The van der Waals surface area contributed by atoms with E-state index in [0.717, 1.165) is 12.6 Å². The molecule has 1 atom stereocenters. The van der Waals surface area contributed by atoms with Crippen LogP contribution in [0.1, 0.15) is 31.7 Å². The lowest BCUT2D eigenvalue weighted by Crippen LogP contribution is -2.33. The van der Waals surface area contributed by atoms with Crippen molar-refractivity contribution in [3.8, 4) is 0 Å². The Labute approximate surface area is 105 Å². The molecule has 0 saturated carbocycles. The van der Waals surface area contributed by atoms with Crippen LogP contribution in [0, 0.1) is 6.92 Å². The zero-order valence-electron chi connectivity index (χ0n) is 11.1. The lowest BCUT2D eigenvalue weighted by atomic mass is 10.2. The number of anilines is 1. The van der Waals surface area contributed by atoms with E-state index in [9.17, 15) is 0 Å². The number of benzene rings is 1. The van der Waals surface area contributed by atoms with Crippen LogP contribution in [0.5, 0.6) is 0 Å². The summed E-state index contributed by atoms with van der Waals surface area (Å²) in [5.41, 5.74) is 2.57. The van der Waals surface area contributed by atoms with Gasteiger partial charge in [0.25, 0.3) is 0 Å². The normalized spacial score (nSPS) is 20.7. The molecule has 1 aromatic rings. The maximum Gasteiger partial charge on any atom is 0.0343 e. The van der Waals surface area contributed by atoms with Crippen LogP contribution in [0.15, 0.2) is 24.3 Å². The van der Waals surface area contributed by atoms with Gasteiger partial charge in [-0.15, -0.1) is 0 Å². The molecule has 2 nitrogen and oxygen atoms in total. The topological polar surface area (TPSA) is 15.3 Å². The number of nitrogens with zero attached hydrogens (tertiary/aromatic N) is 1. The fourth-order valence-electron chi connectivity index (χ4n) is 2.75. The Bertz CT molecular complexity index is 349. The maximum atomic E-state index is 3.52. The second-order valence-corrected chi connectivity index (χ2v) is 5.04. The molecule has 1 aromatic carbocycles. The molecule has 0 amide bonds. The molecule has 94 valence electrons. The quantitative estimate of drug-likeness (QED) is 0.838. The first-order valence-electron chi connectivity index (χ1n) is 6.84. The van der Waals surface area contributed by atoms with Crippen molar-refractivity contribution in [2.75, 3.05) is 25.0 Å². The Hall–Kier alpha value is -1.02. The van der Waals surface area contributed by atoms with E-state index in [1.807, 2.05) is 0 Å². The largest absolute Gasteiger partial charge is 0.384 e. The summed E-state index contributed by atoms with van der Waals surface area (Å²) < 4.78 is 0. The van der Waals surface area contributed by atoms with E-state index in [4.69, 9.17) is 0 Å². The van der Waals surface area contributed by atoms with E-state index in [2.05, 4.69) is 48.3 Å². The number of aryl methyl sites for hydroxylation is 1. The smallest absolute Gasteiger partial charge is 0.0343 e. The molecule has 1 aliphatic heterocycles. The van der Waals surface area contributed by atoms with Crippen LogP contribution in [-0.4, -0.2) is 30.6 Å². The predicted octanol–water partition coefficient (Wildman–Crippen LogP) is 3.28. The fourth-order valence-corrected chi connectivity index (χ4v) is 2.75. The molecule has 1 heterocycles. The highest BCUT2D eigenvalue weighted by Crippen LogP contribution is 2.19. The third-order valence-electron chi connectivity index (χ3n) is 3.72. The van der Waals surface area contributed by atoms with Gasteiger partial charge in [0, 0.05) is 24.8 Å². The number of likely N-dealkylation sites (tertiary alicyclic amines) is 1. The second kappa shape index (κ2) is 6.06. The van der Waals surface area contributed by atoms with E-state index >= 15 is 0 Å². The molecule has 0 aliphatic carbocycles. The molecule has 1 aliphatic rings. The van der Waals surface area contributed by atoms with E-state index in [-0.39, 0.29) is 0 Å². The summed E-state index contributed by atoms with van der Waals surface area (Å²) in [5, 5.41) is 3.52. The summed E-state index contributed by atoms with van der Waals surface area (Å²) in [4.78, 5) is 2.63. The molecule has 0 spiro atoms. The highest BCUT2D eigenvalue weighted by atomic mass is 15.2. The van der Waals surface area contributed by atoms with Gasteiger partial charge in [0.05, 0.1) is 0 Å². The third-order valence-corrected chi connectivity index (χ3v) is 3.72. The zero-order chi connectivity index (χ0) is 12.1. The van der Waals surface area contributed by atoms with Crippen LogP contribution in [0.25, 0.3) is 0 Å². The van der Waals surface area contributed by atoms with Crippen LogP contribution < -0.4 is 5.32 Å². The van der Waals surface area contributed by atoms with Gasteiger partial charge in [0.1, 0.15) is 0 Å². The number of hydrogen-bond donors (Lipinski definition) is 1. The van der Waals surface area contributed by atoms with Crippen molar-refractivity contribution in [1.82, 2.24) is 4.90 Å². The summed E-state index contributed by atoms with van der Waals surface area (Å²) in [7, 11) is 0. The van der Waals surface area contributed by atoms with E-state index in [1.165, 1.54) is 43.6 Å². The van der Waals surface area contributed by atoms with Gasteiger partial charge in [-0.1, -0.05) is 19.1 Å². The van der Waals surface area contributed by atoms with Crippen molar-refractivity contribution in [2.45, 2.75) is 39.2 Å². The van der Waals surface area contributed by atoms with Crippen molar-refractivity contribution >= 4 is 5.69 Å². The molecule has 17 heavy (non-hydrogen) atoms. The summed E-state index contributed by atoms with van der Waals surface area (Å²) in [6.45, 7) is 7.95. The summed E-state index contributed by atoms with van der Waals surface area (Å²) >= 11 is 0. The Balaban J connectivity index is 1.76. The van der Waals surface area contributed by atoms with Gasteiger partial charge in [0.2, 0.25) is 0 Å². The molecule has 1 N–H and O–H groups in total. The lowest BCUT2D eigenvalue weighted by Gasteiger charge is -2.23. The molecule has 0 radical (unpaired) electrons. The number of rotatable bonds is 5. The molecule has 1 fully saturated rings. The monoisotopic (exact) mass is 232 g/mol. The van der Waals surface area contributed by atoms with Gasteiger partial charge >= 0.3 is 0 Å². The molecular weight excluding hydrogens is 208 g/mol. The lowest BCUT2D eigenvalue weighted by molar-refractivity contribution is 0.258. The molecule has 1 saturated heterocycles. The standard InChI is InChI=1S/C15H24N2/c1-3-15-8-5-10-17(15)11-9-16-14-7-4-6-13(2)12-14/h4,6-7,12,15-16H,3,5,8-11H2,1-2H3. The first-order valence-corrected chi connectivity index (χ1v) is 6.84. The van der Waals surface area contributed by atoms with Crippen molar-refractivity contribution in [3.05, 3.63) is 29.8 Å². The van der Waals surface area contributed by atoms with Crippen LogP contribution in [0.3, 0.4) is 0 Å². The Morgan fingerprint density at radius 1 is 1.41 bits per heavy atom. The summed E-state index contributed by atoms with van der Waals surface area (Å²) in [5.74, 6) is 0. The minimum Gasteiger partial charge on any atom is -0.384 e. The second-order valence-electron chi connectivity index (χ2n) is 5.04. The van der Waals surface area contributed by atoms with Gasteiger partial charge in [-0.25, -0.2) is 0 Å². The minimum atomic E-state index is 0.828. The zero-order valence-corrected chi connectivity index (χ0v) is 11.1. The van der Waals surface area contributed by atoms with Crippen molar-refractivity contribution in [3.63, 3.8) is 0 Å². The van der Waals surface area contributed by atoms with Crippen LogP contribution in [-0.2, 0) is 0 Å². The van der Waals surface area contributed by atoms with Gasteiger partial charge in [0.15, 0.2) is 0 Å². The van der Waals surface area contributed by atoms with E-state index < -0.39 is 0 Å². The number of hydrogen-bond acceptors (Lipinski definition) is 2. The highest BCUT2D eigenvalue weighted by molar-refractivity contribution is 5.45. The van der Waals surface area contributed by atoms with E-state index in [1.54, 1.807) is 0 Å². The summed E-state index contributed by atoms with van der Waals surface area (Å²) in [6, 6.07) is 9.44. The van der Waals surface area contributed by atoms with Crippen molar-refractivity contribution < 1.29 is 0 Å². The third kappa shape index (κ3) is 3.47. The van der Waals surface area contributed by atoms with Crippen LogP contribution >= 0.6 is 0 Å². The molecule has 2 rings (SSSR count). The molecule has 1 unspecified atom stereocenters. The average molecular weight is 232 g/mol. The molecule has 0 bridgehead atoms. The van der Waals surface area contributed by atoms with Crippen LogP contribution in [0.2, 0.25) is 0 Å². The molecule has 0 aromatic heterocycles. The minimum absolute atomic E-state index is 0.828. The highest BCUT2D eigenvalue weighted by Gasteiger charge is 2.21. The van der Waals surface area contributed by atoms with Gasteiger partial charge < -0.3 is 5.32 Å². The van der Waals surface area contributed by atoms with Gasteiger partial charge in [-0.2, -0.15) is 0 Å². The van der Waals surface area contributed by atoms with Crippen molar-refractivity contribution in [2.24, 2.45) is 0 Å². The fraction of sp³-hybridized carbons (Fsp3) is 0.600. The SMILES string of the molecule is CCC1CCCN1CCNc1cccc(C)c1. The predicted molar refractivity (Wildman–Crippen MR) is 74.6 cm³/mol. The van der Waals surface area contributed by atoms with Crippen molar-refractivity contribution in [1.29, 1.82) is 0 Å². The van der Waals surface area contributed by atoms with E-state index in [0.29, 0.717) is 0 Å². The number of nitrogens with one attached hydrogen (secondary N) is 1. The van der Waals surface area contributed by atoms with Gasteiger partial charge in [-0.05, 0) is 50.4 Å². The first-order chi connectivity index (χ1) is 8.29. The molecular formula is C15H24N2. The maximum absolute atomic E-state index is 3.52.